The van der Waals surface area contributed by atoms with E-state index in [0.29, 0.717) is 6.61 Å². The minimum Gasteiger partial charge on any atom is -0.416 e. The van der Waals surface area contributed by atoms with Crippen molar-refractivity contribution in [3.05, 3.63) is 0 Å². The van der Waals surface area contributed by atoms with Crippen molar-refractivity contribution >= 4 is 19.8 Å². The molecule has 116 valence electrons. The van der Waals surface area contributed by atoms with Gasteiger partial charge in [-0.25, -0.2) is 0 Å². The van der Waals surface area contributed by atoms with Gasteiger partial charge in [0.05, 0.1) is 5.71 Å². The van der Waals surface area contributed by atoms with Gasteiger partial charge in [-0.2, -0.15) is 0 Å². The molecule has 20 heavy (non-hydrogen) atoms. The first-order valence-corrected chi connectivity index (χ1v) is 10.3. The fourth-order valence-corrected chi connectivity index (χ4v) is 3.15. The number of oxime groups is 1. The SMILES string of the molecule is CC(=O)[C@@H]1ON=C([C@@H](C)CO[Si](C)(C)C(C)(C)C)[C@@H]1C. The Balaban J connectivity index is 2.61. The summed E-state index contributed by atoms with van der Waals surface area (Å²) in [5.41, 5.74) is 0.948. The highest BCUT2D eigenvalue weighted by molar-refractivity contribution is 6.74. The Labute approximate surface area is 124 Å². The molecule has 0 aromatic carbocycles. The van der Waals surface area contributed by atoms with Gasteiger partial charge in [-0.05, 0) is 25.1 Å². The molecule has 0 unspecified atom stereocenters. The smallest absolute Gasteiger partial charge is 0.192 e. The monoisotopic (exact) mass is 299 g/mol. The third kappa shape index (κ3) is 3.70. The minimum absolute atomic E-state index is 0.0359. The van der Waals surface area contributed by atoms with Crippen LogP contribution in [0.2, 0.25) is 18.1 Å². The van der Waals surface area contributed by atoms with Gasteiger partial charge < -0.3 is 9.26 Å². The van der Waals surface area contributed by atoms with Gasteiger partial charge >= 0.3 is 0 Å². The number of carbonyl (C=O) groups excluding carboxylic acids is 1. The Kier molecular flexibility index (Phi) is 5.19. The number of rotatable bonds is 5. The quantitative estimate of drug-likeness (QED) is 0.728. The summed E-state index contributed by atoms with van der Waals surface area (Å²) in [7, 11) is -1.74. The predicted molar refractivity (Wildman–Crippen MR) is 84.5 cm³/mol. The fraction of sp³-hybridized carbons (Fsp3) is 0.867. The van der Waals surface area contributed by atoms with Crippen molar-refractivity contribution in [1.82, 2.24) is 0 Å². The maximum Gasteiger partial charge on any atom is 0.192 e. The van der Waals surface area contributed by atoms with Crippen molar-refractivity contribution in [1.29, 1.82) is 0 Å². The lowest BCUT2D eigenvalue weighted by Gasteiger charge is -2.37. The van der Waals surface area contributed by atoms with Gasteiger partial charge in [-0.15, -0.1) is 0 Å². The van der Waals surface area contributed by atoms with Crippen LogP contribution in [0, 0.1) is 11.8 Å². The van der Waals surface area contributed by atoms with Gasteiger partial charge in [0.15, 0.2) is 20.2 Å². The van der Waals surface area contributed by atoms with Crippen LogP contribution in [0.5, 0.6) is 0 Å². The van der Waals surface area contributed by atoms with Crippen molar-refractivity contribution in [2.24, 2.45) is 17.0 Å². The molecule has 0 N–H and O–H groups in total. The molecule has 0 fully saturated rings. The normalized spacial score (nSPS) is 25.1. The van der Waals surface area contributed by atoms with Crippen LogP contribution in [-0.4, -0.2) is 32.5 Å². The average molecular weight is 299 g/mol. The number of hydrogen-bond donors (Lipinski definition) is 0. The van der Waals surface area contributed by atoms with Crippen molar-refractivity contribution in [2.75, 3.05) is 6.61 Å². The molecule has 0 amide bonds. The topological polar surface area (TPSA) is 47.9 Å². The van der Waals surface area contributed by atoms with Crippen LogP contribution in [0.25, 0.3) is 0 Å². The summed E-state index contributed by atoms with van der Waals surface area (Å²) in [5, 5.41) is 4.32. The van der Waals surface area contributed by atoms with E-state index in [1.165, 1.54) is 0 Å². The number of hydrogen-bond acceptors (Lipinski definition) is 4. The van der Waals surface area contributed by atoms with Crippen LogP contribution in [0.3, 0.4) is 0 Å². The molecular formula is C15H29NO3Si. The first-order valence-electron chi connectivity index (χ1n) is 7.35. The predicted octanol–water partition coefficient (Wildman–Crippen LogP) is 3.62. The van der Waals surface area contributed by atoms with Crippen LogP contribution < -0.4 is 0 Å². The summed E-state index contributed by atoms with van der Waals surface area (Å²) in [5.74, 6) is 0.266. The van der Waals surface area contributed by atoms with E-state index in [1.54, 1.807) is 6.92 Å². The van der Waals surface area contributed by atoms with Crippen LogP contribution >= 0.6 is 0 Å². The van der Waals surface area contributed by atoms with Crippen molar-refractivity contribution in [3.63, 3.8) is 0 Å². The van der Waals surface area contributed by atoms with Gasteiger partial charge in [0.2, 0.25) is 0 Å². The Morgan fingerprint density at radius 3 is 2.40 bits per heavy atom. The van der Waals surface area contributed by atoms with Gasteiger partial charge in [-0.1, -0.05) is 39.8 Å². The fourth-order valence-electron chi connectivity index (χ4n) is 2.05. The third-order valence-electron chi connectivity index (χ3n) is 4.60. The molecule has 0 bridgehead atoms. The van der Waals surface area contributed by atoms with Gasteiger partial charge in [0.25, 0.3) is 0 Å². The largest absolute Gasteiger partial charge is 0.416 e. The Hall–Kier alpha value is -0.683. The average Bonchev–Trinajstić information content (AvgIpc) is 2.66. The van der Waals surface area contributed by atoms with Crippen molar-refractivity contribution in [2.45, 2.75) is 65.8 Å². The molecule has 0 aromatic heterocycles. The highest BCUT2D eigenvalue weighted by atomic mass is 28.4. The maximum atomic E-state index is 11.5. The molecule has 0 saturated carbocycles. The van der Waals surface area contributed by atoms with E-state index >= 15 is 0 Å². The molecule has 0 aromatic rings. The second-order valence-electron chi connectivity index (χ2n) is 7.41. The number of carbonyl (C=O) groups is 1. The summed E-state index contributed by atoms with van der Waals surface area (Å²) in [6.45, 7) is 17.5. The van der Waals surface area contributed by atoms with Crippen LogP contribution in [-0.2, 0) is 14.1 Å². The Morgan fingerprint density at radius 1 is 1.45 bits per heavy atom. The summed E-state index contributed by atoms with van der Waals surface area (Å²) >= 11 is 0. The highest BCUT2D eigenvalue weighted by Gasteiger charge is 2.40. The van der Waals surface area contributed by atoms with Crippen LogP contribution in [0.1, 0.15) is 41.5 Å². The van der Waals surface area contributed by atoms with Crippen LogP contribution in [0.15, 0.2) is 5.16 Å². The molecule has 5 heteroatoms. The zero-order chi connectivity index (χ0) is 15.7. The van der Waals surface area contributed by atoms with E-state index in [0.717, 1.165) is 5.71 Å². The van der Waals surface area contributed by atoms with E-state index in [9.17, 15) is 4.79 Å². The van der Waals surface area contributed by atoms with Gasteiger partial charge in [0.1, 0.15) is 0 Å². The lowest BCUT2D eigenvalue weighted by molar-refractivity contribution is -0.128. The van der Waals surface area contributed by atoms with E-state index < -0.39 is 14.4 Å². The molecule has 1 heterocycles. The number of ketones is 1. The molecule has 1 aliphatic heterocycles. The second kappa shape index (κ2) is 5.98. The van der Waals surface area contributed by atoms with E-state index in [2.05, 4.69) is 45.9 Å². The molecular weight excluding hydrogens is 270 g/mol. The molecule has 1 rings (SSSR count). The van der Waals surface area contributed by atoms with E-state index in [1.807, 2.05) is 6.92 Å². The highest BCUT2D eigenvalue weighted by Crippen LogP contribution is 2.37. The summed E-state index contributed by atoms with van der Waals surface area (Å²) in [4.78, 5) is 16.7. The minimum atomic E-state index is -1.74. The van der Waals surface area contributed by atoms with Crippen molar-refractivity contribution in [3.8, 4) is 0 Å². The lowest BCUT2D eigenvalue weighted by atomic mass is 9.90. The Morgan fingerprint density at radius 2 is 2.00 bits per heavy atom. The molecule has 0 spiro atoms. The molecule has 4 nitrogen and oxygen atoms in total. The van der Waals surface area contributed by atoms with Gasteiger partial charge in [0, 0.05) is 18.4 Å². The first kappa shape index (κ1) is 17.4. The van der Waals surface area contributed by atoms with Crippen LogP contribution in [0.4, 0.5) is 0 Å². The van der Waals surface area contributed by atoms with Gasteiger partial charge in [-0.3, -0.25) is 4.79 Å². The molecule has 0 radical (unpaired) electrons. The molecule has 1 aliphatic rings. The summed E-state index contributed by atoms with van der Waals surface area (Å²) in [6.07, 6.45) is -0.416. The zero-order valence-corrected chi connectivity index (χ0v) is 15.1. The second-order valence-corrected chi connectivity index (χ2v) is 12.2. The third-order valence-corrected chi connectivity index (χ3v) is 9.10. The number of Topliss-reactive ketones (excluding diaryl/α,β-unsaturated/α-hetero) is 1. The Bertz CT molecular complexity index is 398. The standard InChI is InChI=1S/C15H29NO3Si/c1-10(9-18-20(7,8)15(4,5)6)13-11(2)14(12(3)17)19-16-13/h10-11,14H,9H2,1-8H3/t10-,11-,14+/m0/s1. The molecule has 3 atom stereocenters. The zero-order valence-electron chi connectivity index (χ0n) is 14.1. The van der Waals surface area contributed by atoms with Crippen molar-refractivity contribution < 1.29 is 14.1 Å². The first-order chi connectivity index (χ1) is 8.97. The molecule has 0 aliphatic carbocycles. The molecule has 0 saturated heterocycles. The number of nitrogens with zero attached hydrogens (tertiary/aromatic N) is 1. The maximum absolute atomic E-state index is 11.5. The lowest BCUT2D eigenvalue weighted by Crippen LogP contribution is -2.42. The summed E-state index contributed by atoms with van der Waals surface area (Å²) < 4.78 is 6.23. The van der Waals surface area contributed by atoms with E-state index in [-0.39, 0.29) is 22.7 Å². The summed E-state index contributed by atoms with van der Waals surface area (Å²) in [6, 6.07) is 0. The van der Waals surface area contributed by atoms with E-state index in [4.69, 9.17) is 9.26 Å².